The summed E-state index contributed by atoms with van der Waals surface area (Å²) in [6.07, 6.45) is 0. The lowest BCUT2D eigenvalue weighted by Crippen LogP contribution is -2.21. The summed E-state index contributed by atoms with van der Waals surface area (Å²) in [6.45, 7) is -0.0296. The molecule has 1 aromatic heterocycles. The highest BCUT2D eigenvalue weighted by atomic mass is 19.1. The second kappa shape index (κ2) is 7.19. The summed E-state index contributed by atoms with van der Waals surface area (Å²) >= 11 is 0. The first-order chi connectivity index (χ1) is 12.5. The van der Waals surface area contributed by atoms with Crippen molar-refractivity contribution >= 4 is 17.2 Å². The molecule has 7 nitrogen and oxygen atoms in total. The molecule has 0 aliphatic carbocycles. The minimum atomic E-state index is -0.804. The van der Waals surface area contributed by atoms with E-state index < -0.39 is 22.9 Å². The van der Waals surface area contributed by atoms with E-state index in [9.17, 15) is 13.6 Å². The highest BCUT2D eigenvalue weighted by Crippen LogP contribution is 2.29. The standard InChI is InChI=1S/C17H15F2N5O2/c18-12-2-1-3-13(19)15(12)26-10-6-4-9(5-7-10)22-14-11(8-20)17(25)24-23-16(14)21/h1-7H,8,20H2,(H2,21,23)(H2,22,24,25). The van der Waals surface area contributed by atoms with Gasteiger partial charge in [-0.2, -0.15) is 5.10 Å². The van der Waals surface area contributed by atoms with Crippen LogP contribution in [0, 0.1) is 11.6 Å². The maximum Gasteiger partial charge on any atom is 0.270 e. The van der Waals surface area contributed by atoms with E-state index in [0.29, 0.717) is 11.4 Å². The van der Waals surface area contributed by atoms with Crippen molar-refractivity contribution in [2.75, 3.05) is 11.1 Å². The van der Waals surface area contributed by atoms with Gasteiger partial charge in [-0.25, -0.2) is 13.9 Å². The maximum absolute atomic E-state index is 13.6. The fourth-order valence-corrected chi connectivity index (χ4v) is 2.29. The van der Waals surface area contributed by atoms with Crippen molar-refractivity contribution in [3.63, 3.8) is 0 Å². The van der Waals surface area contributed by atoms with Crippen molar-refractivity contribution in [1.29, 1.82) is 0 Å². The zero-order valence-corrected chi connectivity index (χ0v) is 13.4. The van der Waals surface area contributed by atoms with E-state index in [4.69, 9.17) is 16.2 Å². The molecule has 0 aliphatic rings. The summed E-state index contributed by atoms with van der Waals surface area (Å²) in [7, 11) is 0. The number of aromatic amines is 1. The summed E-state index contributed by atoms with van der Waals surface area (Å²) in [6, 6.07) is 9.65. The van der Waals surface area contributed by atoms with Crippen LogP contribution in [0.2, 0.25) is 0 Å². The Labute approximate surface area is 146 Å². The third-order valence-corrected chi connectivity index (χ3v) is 3.58. The molecule has 3 rings (SSSR count). The third kappa shape index (κ3) is 3.47. The number of nitrogens with zero attached hydrogens (tertiary/aromatic N) is 1. The molecular weight excluding hydrogens is 344 g/mol. The molecule has 134 valence electrons. The number of benzene rings is 2. The molecule has 0 bridgehead atoms. The summed E-state index contributed by atoms with van der Waals surface area (Å²) in [5.74, 6) is -1.78. The Balaban J connectivity index is 1.83. The molecule has 2 aromatic carbocycles. The van der Waals surface area contributed by atoms with Crippen LogP contribution in [0.15, 0.2) is 47.3 Å². The van der Waals surface area contributed by atoms with E-state index in [1.165, 1.54) is 18.2 Å². The average Bonchev–Trinajstić information content (AvgIpc) is 2.63. The summed E-state index contributed by atoms with van der Waals surface area (Å²) in [5, 5.41) is 8.90. The van der Waals surface area contributed by atoms with Crippen LogP contribution in [-0.4, -0.2) is 10.2 Å². The lowest BCUT2D eigenvalue weighted by molar-refractivity contribution is 0.407. The number of ether oxygens (including phenoxy) is 1. The number of nitrogens with two attached hydrogens (primary N) is 2. The Morgan fingerprint density at radius 2 is 1.77 bits per heavy atom. The van der Waals surface area contributed by atoms with E-state index in [2.05, 4.69) is 15.5 Å². The van der Waals surface area contributed by atoms with Crippen molar-refractivity contribution in [2.45, 2.75) is 6.54 Å². The van der Waals surface area contributed by atoms with Crippen molar-refractivity contribution < 1.29 is 13.5 Å². The molecule has 0 atom stereocenters. The Morgan fingerprint density at radius 3 is 2.38 bits per heavy atom. The van der Waals surface area contributed by atoms with E-state index in [-0.39, 0.29) is 23.7 Å². The Kier molecular flexibility index (Phi) is 4.81. The summed E-state index contributed by atoms with van der Waals surface area (Å²) < 4.78 is 32.5. The topological polar surface area (TPSA) is 119 Å². The van der Waals surface area contributed by atoms with Crippen LogP contribution in [0.4, 0.5) is 26.0 Å². The minimum absolute atomic E-state index is 0.0296. The van der Waals surface area contributed by atoms with E-state index in [0.717, 1.165) is 12.1 Å². The first-order valence-electron chi connectivity index (χ1n) is 7.55. The Bertz CT molecular complexity index is 969. The van der Waals surface area contributed by atoms with Gasteiger partial charge in [0.1, 0.15) is 5.75 Å². The van der Waals surface area contributed by atoms with Crippen LogP contribution in [0.25, 0.3) is 0 Å². The van der Waals surface area contributed by atoms with E-state index in [1.807, 2.05) is 0 Å². The van der Waals surface area contributed by atoms with Crippen molar-refractivity contribution in [3.05, 3.63) is 70.0 Å². The van der Waals surface area contributed by atoms with Gasteiger partial charge in [-0.3, -0.25) is 4.79 Å². The van der Waals surface area contributed by atoms with Crippen molar-refractivity contribution in [1.82, 2.24) is 10.2 Å². The SMILES string of the molecule is NCc1c(Nc2ccc(Oc3c(F)cccc3F)cc2)c(N)n[nH]c1=O. The first-order valence-corrected chi connectivity index (χ1v) is 7.55. The van der Waals surface area contributed by atoms with Gasteiger partial charge in [0, 0.05) is 12.2 Å². The van der Waals surface area contributed by atoms with Gasteiger partial charge >= 0.3 is 0 Å². The van der Waals surface area contributed by atoms with Crippen LogP contribution in [0.1, 0.15) is 5.56 Å². The molecule has 3 aromatic rings. The number of nitrogen functional groups attached to an aromatic ring is 1. The van der Waals surface area contributed by atoms with Gasteiger partial charge in [0.2, 0.25) is 0 Å². The molecule has 1 heterocycles. The fraction of sp³-hybridized carbons (Fsp3) is 0.0588. The number of anilines is 3. The normalized spacial score (nSPS) is 10.6. The van der Waals surface area contributed by atoms with Crippen molar-refractivity contribution in [3.8, 4) is 11.5 Å². The van der Waals surface area contributed by atoms with Gasteiger partial charge in [0.25, 0.3) is 5.56 Å². The third-order valence-electron chi connectivity index (χ3n) is 3.58. The molecule has 0 spiro atoms. The molecule has 0 amide bonds. The predicted octanol–water partition coefficient (Wildman–Crippen LogP) is 2.62. The molecule has 9 heteroatoms. The van der Waals surface area contributed by atoms with Crippen LogP contribution in [0.5, 0.6) is 11.5 Å². The molecule has 26 heavy (non-hydrogen) atoms. The lowest BCUT2D eigenvalue weighted by Gasteiger charge is -2.13. The predicted molar refractivity (Wildman–Crippen MR) is 93.3 cm³/mol. The monoisotopic (exact) mass is 359 g/mol. The minimum Gasteiger partial charge on any atom is -0.451 e. The summed E-state index contributed by atoms with van der Waals surface area (Å²) in [5.41, 5.74) is 12.0. The van der Waals surface area contributed by atoms with Gasteiger partial charge in [-0.1, -0.05) is 6.07 Å². The average molecular weight is 359 g/mol. The van der Waals surface area contributed by atoms with E-state index >= 15 is 0 Å². The van der Waals surface area contributed by atoms with Gasteiger partial charge < -0.3 is 21.5 Å². The van der Waals surface area contributed by atoms with Gasteiger partial charge in [0.15, 0.2) is 23.2 Å². The van der Waals surface area contributed by atoms with Crippen molar-refractivity contribution in [2.24, 2.45) is 5.73 Å². The number of H-pyrrole nitrogens is 1. The van der Waals surface area contributed by atoms with Crippen LogP contribution < -0.4 is 27.1 Å². The highest BCUT2D eigenvalue weighted by molar-refractivity contribution is 5.72. The molecule has 0 saturated heterocycles. The Hall–Kier alpha value is -3.46. The molecule has 0 fully saturated rings. The highest BCUT2D eigenvalue weighted by Gasteiger charge is 2.13. The molecule has 0 aliphatic heterocycles. The first kappa shape index (κ1) is 17.4. The maximum atomic E-state index is 13.6. The van der Waals surface area contributed by atoms with Crippen LogP contribution in [0.3, 0.4) is 0 Å². The molecular formula is C17H15F2N5O2. The number of rotatable bonds is 5. The number of aromatic nitrogens is 2. The lowest BCUT2D eigenvalue weighted by atomic mass is 10.2. The molecule has 6 N–H and O–H groups in total. The van der Waals surface area contributed by atoms with Crippen LogP contribution >= 0.6 is 0 Å². The van der Waals surface area contributed by atoms with Crippen LogP contribution in [-0.2, 0) is 6.54 Å². The Morgan fingerprint density at radius 1 is 1.12 bits per heavy atom. The van der Waals surface area contributed by atoms with Gasteiger partial charge in [-0.05, 0) is 36.4 Å². The van der Waals surface area contributed by atoms with Gasteiger partial charge in [-0.15, -0.1) is 0 Å². The smallest absolute Gasteiger partial charge is 0.270 e. The second-order valence-electron chi connectivity index (χ2n) is 5.30. The largest absolute Gasteiger partial charge is 0.451 e. The zero-order valence-electron chi connectivity index (χ0n) is 13.4. The molecule has 0 radical (unpaired) electrons. The van der Waals surface area contributed by atoms with E-state index in [1.54, 1.807) is 12.1 Å². The number of hydrogen-bond acceptors (Lipinski definition) is 6. The molecule has 0 unspecified atom stereocenters. The number of nitrogens with one attached hydrogen (secondary N) is 2. The zero-order chi connectivity index (χ0) is 18.7. The number of hydrogen-bond donors (Lipinski definition) is 4. The quantitative estimate of drug-likeness (QED) is 0.556. The second-order valence-corrected chi connectivity index (χ2v) is 5.30. The fourth-order valence-electron chi connectivity index (χ4n) is 2.29. The number of halogens is 2. The van der Waals surface area contributed by atoms with Gasteiger partial charge in [0.05, 0.1) is 11.3 Å². The molecule has 0 saturated carbocycles. The number of para-hydroxylation sites is 1. The summed E-state index contributed by atoms with van der Waals surface area (Å²) in [4.78, 5) is 11.7.